The molecule has 3 heterocycles. The van der Waals surface area contributed by atoms with Gasteiger partial charge in [-0.25, -0.2) is 0 Å². The largest absolute Gasteiger partial charge is 0.384 e. The second-order valence-electron chi connectivity index (χ2n) is 7.98. The van der Waals surface area contributed by atoms with Crippen LogP contribution in [0.25, 0.3) is 11.1 Å². The second kappa shape index (κ2) is 8.81. The van der Waals surface area contributed by atoms with Crippen molar-refractivity contribution in [2.75, 3.05) is 18.9 Å². The fourth-order valence-corrected chi connectivity index (χ4v) is 5.10. The van der Waals surface area contributed by atoms with Gasteiger partial charge in [-0.05, 0) is 60.2 Å². The van der Waals surface area contributed by atoms with Crippen LogP contribution in [-0.4, -0.2) is 35.3 Å². The first kappa shape index (κ1) is 21.5. The number of benzene rings is 1. The van der Waals surface area contributed by atoms with Crippen LogP contribution in [0, 0.1) is 22.7 Å². The topological polar surface area (TPSA) is 105 Å². The maximum Gasteiger partial charge on any atom is 0.234 e. The number of thiophene rings is 1. The minimum atomic E-state index is -0.715. The standard InChI is InChI=1S/C24H24N6OS/c1-24(21-12-18(15-32-21)17-6-3-5-16(11-17)13-25)20(22(31)30(2)23(26)29-24)8-10-28-19-7-4-9-27-14-19/h3-7,9,11-12,14-15,20,28H,8,10H2,1-2H3,(H2,26,29)/t20-,24+/m1/s1. The van der Waals surface area contributed by atoms with Gasteiger partial charge in [0, 0.05) is 30.9 Å². The fraction of sp³-hybridized carbons (Fsp3) is 0.250. The molecule has 0 saturated carbocycles. The summed E-state index contributed by atoms with van der Waals surface area (Å²) in [6.45, 7) is 2.59. The number of amides is 1. The number of aromatic nitrogens is 1. The smallest absolute Gasteiger partial charge is 0.234 e. The van der Waals surface area contributed by atoms with Crippen LogP contribution in [0.5, 0.6) is 0 Å². The Bertz CT molecular complexity index is 1180. The highest BCUT2D eigenvalue weighted by Gasteiger charge is 2.47. The zero-order valence-corrected chi connectivity index (χ0v) is 18.7. The predicted molar refractivity (Wildman–Crippen MR) is 126 cm³/mol. The SMILES string of the molecule is CN1C(=N)N[C@](C)(c2cc(-c3cccc(C#N)c3)cs2)[C@H](CCNc2cccnc2)C1=O. The molecule has 0 radical (unpaired) electrons. The molecule has 2 atom stereocenters. The van der Waals surface area contributed by atoms with Crippen molar-refractivity contribution in [1.29, 1.82) is 10.7 Å². The van der Waals surface area contributed by atoms with Crippen LogP contribution in [0.1, 0.15) is 23.8 Å². The summed E-state index contributed by atoms with van der Waals surface area (Å²) >= 11 is 1.56. The van der Waals surface area contributed by atoms with Crippen molar-refractivity contribution in [2.24, 2.45) is 5.92 Å². The van der Waals surface area contributed by atoms with E-state index in [1.807, 2.05) is 42.6 Å². The van der Waals surface area contributed by atoms with Crippen LogP contribution in [0.4, 0.5) is 5.69 Å². The number of pyridine rings is 1. The Balaban J connectivity index is 1.61. The molecule has 32 heavy (non-hydrogen) atoms. The fourth-order valence-electron chi connectivity index (χ4n) is 4.01. The number of anilines is 1. The van der Waals surface area contributed by atoms with Gasteiger partial charge in [0.2, 0.25) is 5.91 Å². The van der Waals surface area contributed by atoms with E-state index in [4.69, 9.17) is 5.41 Å². The Morgan fingerprint density at radius 2 is 2.16 bits per heavy atom. The molecular formula is C24H24N6OS. The van der Waals surface area contributed by atoms with Gasteiger partial charge in [0.25, 0.3) is 0 Å². The van der Waals surface area contributed by atoms with E-state index in [0.29, 0.717) is 18.5 Å². The minimum Gasteiger partial charge on any atom is -0.384 e. The summed E-state index contributed by atoms with van der Waals surface area (Å²) in [5, 5.41) is 26.2. The van der Waals surface area contributed by atoms with Crippen molar-refractivity contribution in [3.8, 4) is 17.2 Å². The van der Waals surface area contributed by atoms with Crippen molar-refractivity contribution in [3.05, 3.63) is 70.7 Å². The molecule has 0 spiro atoms. The van der Waals surface area contributed by atoms with E-state index < -0.39 is 5.54 Å². The Morgan fingerprint density at radius 3 is 2.91 bits per heavy atom. The van der Waals surface area contributed by atoms with E-state index in [1.54, 1.807) is 36.8 Å². The van der Waals surface area contributed by atoms with Crippen LogP contribution in [-0.2, 0) is 10.3 Å². The summed E-state index contributed by atoms with van der Waals surface area (Å²) in [6, 6.07) is 15.5. The highest BCUT2D eigenvalue weighted by Crippen LogP contribution is 2.41. The molecule has 3 N–H and O–H groups in total. The predicted octanol–water partition coefficient (Wildman–Crippen LogP) is 4.01. The Hall–Kier alpha value is -3.70. The lowest BCUT2D eigenvalue weighted by Crippen LogP contribution is -2.63. The van der Waals surface area contributed by atoms with Crippen LogP contribution in [0.2, 0.25) is 0 Å². The van der Waals surface area contributed by atoms with Gasteiger partial charge in [-0.1, -0.05) is 12.1 Å². The van der Waals surface area contributed by atoms with E-state index in [9.17, 15) is 10.1 Å². The van der Waals surface area contributed by atoms with Crippen LogP contribution >= 0.6 is 11.3 Å². The third-order valence-corrected chi connectivity index (χ3v) is 7.07. The first-order chi connectivity index (χ1) is 15.4. The molecule has 1 amide bonds. The normalized spacial score (nSPS) is 20.5. The molecule has 3 aromatic rings. The van der Waals surface area contributed by atoms with Crippen molar-refractivity contribution in [3.63, 3.8) is 0 Å². The molecule has 1 fully saturated rings. The van der Waals surface area contributed by atoms with E-state index >= 15 is 0 Å². The number of guanidine groups is 1. The number of hydrogen-bond acceptors (Lipinski definition) is 6. The van der Waals surface area contributed by atoms with Gasteiger partial charge >= 0.3 is 0 Å². The highest BCUT2D eigenvalue weighted by molar-refractivity contribution is 7.10. The molecule has 8 heteroatoms. The third kappa shape index (κ3) is 4.07. The summed E-state index contributed by atoms with van der Waals surface area (Å²) in [5.41, 5.74) is 2.75. The van der Waals surface area contributed by atoms with E-state index in [-0.39, 0.29) is 17.8 Å². The molecule has 162 valence electrons. The molecule has 1 saturated heterocycles. The van der Waals surface area contributed by atoms with Crippen LogP contribution in [0.3, 0.4) is 0 Å². The summed E-state index contributed by atoms with van der Waals surface area (Å²) in [6.07, 6.45) is 4.06. The number of nitriles is 1. The first-order valence-electron chi connectivity index (χ1n) is 10.3. The molecule has 0 bridgehead atoms. The zero-order chi connectivity index (χ0) is 22.7. The number of hydrogen-bond donors (Lipinski definition) is 3. The highest BCUT2D eigenvalue weighted by atomic mass is 32.1. The lowest BCUT2D eigenvalue weighted by molar-refractivity contribution is -0.135. The van der Waals surface area contributed by atoms with Gasteiger partial charge in [-0.3, -0.25) is 20.1 Å². The molecule has 0 aliphatic carbocycles. The first-order valence-corrected chi connectivity index (χ1v) is 11.2. The number of nitrogens with zero attached hydrogens (tertiary/aromatic N) is 3. The summed E-state index contributed by atoms with van der Waals surface area (Å²) in [7, 11) is 1.63. The van der Waals surface area contributed by atoms with Gasteiger partial charge in [0.1, 0.15) is 0 Å². The molecule has 7 nitrogen and oxygen atoms in total. The average molecular weight is 445 g/mol. The summed E-state index contributed by atoms with van der Waals surface area (Å²) in [4.78, 5) is 19.7. The Kier molecular flexibility index (Phi) is 5.93. The van der Waals surface area contributed by atoms with Crippen molar-refractivity contribution < 1.29 is 4.79 Å². The Labute approximate surface area is 191 Å². The van der Waals surface area contributed by atoms with E-state index in [2.05, 4.69) is 27.8 Å². The van der Waals surface area contributed by atoms with Gasteiger partial charge in [0.15, 0.2) is 5.96 Å². The molecule has 1 aromatic carbocycles. The van der Waals surface area contributed by atoms with Gasteiger partial charge in [-0.2, -0.15) is 5.26 Å². The Morgan fingerprint density at radius 1 is 1.31 bits per heavy atom. The minimum absolute atomic E-state index is 0.0781. The quantitative estimate of drug-likeness (QED) is 0.533. The number of nitrogens with one attached hydrogen (secondary N) is 3. The van der Waals surface area contributed by atoms with Crippen LogP contribution < -0.4 is 10.6 Å². The zero-order valence-electron chi connectivity index (χ0n) is 17.9. The third-order valence-electron chi connectivity index (χ3n) is 5.90. The summed E-state index contributed by atoms with van der Waals surface area (Å²) in [5.74, 6) is -0.344. The van der Waals surface area contributed by atoms with Crippen LogP contribution in [0.15, 0.2) is 60.2 Å². The number of carbonyl (C=O) groups excluding carboxylic acids is 1. The maximum atomic E-state index is 13.2. The van der Waals surface area contributed by atoms with E-state index in [0.717, 1.165) is 21.7 Å². The van der Waals surface area contributed by atoms with E-state index in [1.165, 1.54) is 4.90 Å². The molecular weight excluding hydrogens is 420 g/mol. The van der Waals surface area contributed by atoms with Crippen molar-refractivity contribution in [2.45, 2.75) is 18.9 Å². The molecule has 1 aliphatic heterocycles. The number of carbonyl (C=O) groups is 1. The number of rotatable bonds is 6. The van der Waals surface area contributed by atoms with Gasteiger partial charge in [0.05, 0.1) is 28.8 Å². The summed E-state index contributed by atoms with van der Waals surface area (Å²) < 4.78 is 0. The lowest BCUT2D eigenvalue weighted by atomic mass is 9.79. The maximum absolute atomic E-state index is 13.2. The average Bonchev–Trinajstić information content (AvgIpc) is 3.32. The monoisotopic (exact) mass is 444 g/mol. The van der Waals surface area contributed by atoms with Crippen molar-refractivity contribution in [1.82, 2.24) is 15.2 Å². The molecule has 2 aromatic heterocycles. The van der Waals surface area contributed by atoms with Gasteiger partial charge in [-0.15, -0.1) is 11.3 Å². The molecule has 0 unspecified atom stereocenters. The second-order valence-corrected chi connectivity index (χ2v) is 8.89. The lowest BCUT2D eigenvalue weighted by Gasteiger charge is -2.45. The van der Waals surface area contributed by atoms with Gasteiger partial charge < -0.3 is 10.6 Å². The molecule has 1 aliphatic rings. The van der Waals surface area contributed by atoms with Crippen molar-refractivity contribution >= 4 is 28.9 Å². The molecule has 4 rings (SSSR count).